The van der Waals surface area contributed by atoms with Crippen molar-refractivity contribution in [1.29, 1.82) is 0 Å². The van der Waals surface area contributed by atoms with Gasteiger partial charge in [-0.3, -0.25) is 9.69 Å². The number of rotatable bonds is 3. The zero-order valence-corrected chi connectivity index (χ0v) is 11.5. The Morgan fingerprint density at radius 2 is 2.20 bits per heavy atom. The van der Waals surface area contributed by atoms with E-state index in [1.165, 1.54) is 0 Å². The van der Waals surface area contributed by atoms with E-state index in [4.69, 9.17) is 8.83 Å². The molecule has 1 aliphatic rings. The van der Waals surface area contributed by atoms with E-state index < -0.39 is 0 Å². The molecule has 0 spiro atoms. The van der Waals surface area contributed by atoms with Gasteiger partial charge in [0.2, 0.25) is 11.8 Å². The lowest BCUT2D eigenvalue weighted by molar-refractivity contribution is -0.124. The summed E-state index contributed by atoms with van der Waals surface area (Å²) in [5.41, 5.74) is 0.817. The second-order valence-electron chi connectivity index (χ2n) is 4.89. The van der Waals surface area contributed by atoms with E-state index in [0.29, 0.717) is 31.4 Å². The molecule has 2 aromatic rings. The van der Waals surface area contributed by atoms with Crippen molar-refractivity contribution in [1.82, 2.24) is 20.4 Å². The molecular weight excluding hydrogens is 260 g/mol. The topological polar surface area (TPSA) is 84.4 Å². The summed E-state index contributed by atoms with van der Waals surface area (Å²) in [4.78, 5) is 13.3. The maximum Gasteiger partial charge on any atom is 0.251 e. The molecule has 20 heavy (non-hydrogen) atoms. The van der Waals surface area contributed by atoms with Gasteiger partial charge < -0.3 is 14.2 Å². The van der Waals surface area contributed by atoms with Gasteiger partial charge in [0.05, 0.1) is 18.7 Å². The summed E-state index contributed by atoms with van der Waals surface area (Å²) in [5, 5.41) is 10.9. The molecule has 2 aromatic heterocycles. The lowest BCUT2D eigenvalue weighted by Gasteiger charge is -2.24. The second-order valence-corrected chi connectivity index (χ2v) is 4.89. The molecule has 0 bridgehead atoms. The molecule has 1 fully saturated rings. The number of nitrogens with one attached hydrogen (secondary N) is 1. The Balaban J connectivity index is 1.73. The molecule has 7 nitrogen and oxygen atoms in total. The highest BCUT2D eigenvalue weighted by Crippen LogP contribution is 2.25. The molecule has 0 saturated carbocycles. The fourth-order valence-electron chi connectivity index (χ4n) is 2.29. The Morgan fingerprint density at radius 3 is 2.90 bits per heavy atom. The highest BCUT2D eigenvalue weighted by atomic mass is 16.4. The molecule has 7 heteroatoms. The van der Waals surface area contributed by atoms with Gasteiger partial charge in [0.15, 0.2) is 0 Å². The summed E-state index contributed by atoms with van der Waals surface area (Å²) < 4.78 is 11.1. The number of aromatic nitrogens is 2. The van der Waals surface area contributed by atoms with Crippen molar-refractivity contribution in [2.45, 2.75) is 20.4 Å². The first-order valence-corrected chi connectivity index (χ1v) is 6.50. The Hall–Kier alpha value is -2.15. The van der Waals surface area contributed by atoms with Crippen LogP contribution in [-0.2, 0) is 11.3 Å². The summed E-state index contributed by atoms with van der Waals surface area (Å²) in [6, 6.07) is 1.88. The van der Waals surface area contributed by atoms with E-state index in [0.717, 1.165) is 23.6 Å². The highest BCUT2D eigenvalue weighted by molar-refractivity contribution is 5.78. The number of amides is 1. The van der Waals surface area contributed by atoms with E-state index in [9.17, 15) is 4.79 Å². The van der Waals surface area contributed by atoms with Gasteiger partial charge >= 0.3 is 0 Å². The number of aryl methyl sites for hydroxylation is 2. The van der Waals surface area contributed by atoms with Crippen molar-refractivity contribution < 1.29 is 13.6 Å². The Morgan fingerprint density at radius 1 is 1.35 bits per heavy atom. The second kappa shape index (κ2) is 5.09. The Bertz CT molecular complexity index is 631. The Labute approximate surface area is 116 Å². The smallest absolute Gasteiger partial charge is 0.251 e. The van der Waals surface area contributed by atoms with Gasteiger partial charge in [-0.25, -0.2) is 0 Å². The van der Waals surface area contributed by atoms with Crippen molar-refractivity contribution in [3.8, 4) is 11.5 Å². The minimum atomic E-state index is 0.0253. The third kappa shape index (κ3) is 2.57. The number of furan rings is 1. The van der Waals surface area contributed by atoms with Crippen molar-refractivity contribution in [3.63, 3.8) is 0 Å². The first-order chi connectivity index (χ1) is 9.61. The fraction of sp³-hybridized carbons (Fsp3) is 0.462. The number of hydrogen-bond acceptors (Lipinski definition) is 6. The molecule has 1 N–H and O–H groups in total. The fourth-order valence-corrected chi connectivity index (χ4v) is 2.29. The average Bonchev–Trinajstić information content (AvgIpc) is 2.96. The van der Waals surface area contributed by atoms with E-state index in [-0.39, 0.29) is 5.91 Å². The van der Waals surface area contributed by atoms with Gasteiger partial charge in [0.1, 0.15) is 11.5 Å². The maximum absolute atomic E-state index is 11.3. The SMILES string of the molecule is Cc1cc(-c2nnc(CN3CCNC(=O)C3)o2)c(C)o1. The first kappa shape index (κ1) is 12.9. The monoisotopic (exact) mass is 276 g/mol. The van der Waals surface area contributed by atoms with Crippen molar-refractivity contribution in [2.75, 3.05) is 19.6 Å². The van der Waals surface area contributed by atoms with Crippen molar-refractivity contribution >= 4 is 5.91 Å². The Kier molecular flexibility index (Phi) is 3.27. The highest BCUT2D eigenvalue weighted by Gasteiger charge is 2.20. The van der Waals surface area contributed by atoms with Crippen LogP contribution in [0.2, 0.25) is 0 Å². The molecule has 0 atom stereocenters. The lowest BCUT2D eigenvalue weighted by atomic mass is 10.2. The van der Waals surface area contributed by atoms with Crippen LogP contribution in [0.4, 0.5) is 0 Å². The largest absolute Gasteiger partial charge is 0.466 e. The normalized spacial score (nSPS) is 16.4. The molecular formula is C13H16N4O3. The number of piperazine rings is 1. The first-order valence-electron chi connectivity index (χ1n) is 6.50. The van der Waals surface area contributed by atoms with Gasteiger partial charge in [0.25, 0.3) is 5.89 Å². The molecule has 3 rings (SSSR count). The van der Waals surface area contributed by atoms with Gasteiger partial charge in [-0.2, -0.15) is 0 Å². The molecule has 1 saturated heterocycles. The molecule has 0 aliphatic carbocycles. The van der Waals surface area contributed by atoms with Gasteiger partial charge in [-0.05, 0) is 19.9 Å². The van der Waals surface area contributed by atoms with Crippen LogP contribution >= 0.6 is 0 Å². The third-order valence-electron chi connectivity index (χ3n) is 3.21. The third-order valence-corrected chi connectivity index (χ3v) is 3.21. The van der Waals surface area contributed by atoms with Crippen LogP contribution in [0.5, 0.6) is 0 Å². The predicted molar refractivity (Wildman–Crippen MR) is 69.8 cm³/mol. The minimum Gasteiger partial charge on any atom is -0.466 e. The van der Waals surface area contributed by atoms with E-state index in [1.807, 2.05) is 24.8 Å². The molecule has 0 unspecified atom stereocenters. The standard InChI is InChI=1S/C13H16N4O3/c1-8-5-10(9(2)19-8)13-16-15-12(20-13)7-17-4-3-14-11(18)6-17/h5H,3-4,6-7H2,1-2H3,(H,14,18). The van der Waals surface area contributed by atoms with Crippen LogP contribution in [0.25, 0.3) is 11.5 Å². The summed E-state index contributed by atoms with van der Waals surface area (Å²) in [6.07, 6.45) is 0. The van der Waals surface area contributed by atoms with E-state index in [1.54, 1.807) is 0 Å². The number of carbonyl (C=O) groups is 1. The molecule has 0 radical (unpaired) electrons. The van der Waals surface area contributed by atoms with Gasteiger partial charge in [-0.1, -0.05) is 0 Å². The average molecular weight is 276 g/mol. The molecule has 0 aromatic carbocycles. The van der Waals surface area contributed by atoms with Crippen molar-refractivity contribution in [3.05, 3.63) is 23.5 Å². The number of carbonyl (C=O) groups excluding carboxylic acids is 1. The van der Waals surface area contributed by atoms with Crippen LogP contribution < -0.4 is 5.32 Å². The summed E-state index contributed by atoms with van der Waals surface area (Å²) >= 11 is 0. The summed E-state index contributed by atoms with van der Waals surface area (Å²) in [5.74, 6) is 2.56. The van der Waals surface area contributed by atoms with Crippen LogP contribution in [0.1, 0.15) is 17.4 Å². The van der Waals surface area contributed by atoms with Gasteiger partial charge in [0, 0.05) is 13.1 Å². The molecule has 1 aliphatic heterocycles. The van der Waals surface area contributed by atoms with E-state index >= 15 is 0 Å². The lowest BCUT2D eigenvalue weighted by Crippen LogP contribution is -2.47. The van der Waals surface area contributed by atoms with Crippen LogP contribution in [0.3, 0.4) is 0 Å². The summed E-state index contributed by atoms with van der Waals surface area (Å²) in [6.45, 7) is 6.02. The predicted octanol–water partition coefficient (Wildman–Crippen LogP) is 0.878. The number of hydrogen-bond donors (Lipinski definition) is 1. The minimum absolute atomic E-state index is 0.0253. The van der Waals surface area contributed by atoms with Crippen LogP contribution in [0, 0.1) is 13.8 Å². The number of nitrogens with zero attached hydrogens (tertiary/aromatic N) is 3. The van der Waals surface area contributed by atoms with Crippen molar-refractivity contribution in [2.24, 2.45) is 0 Å². The van der Waals surface area contributed by atoms with Crippen LogP contribution in [0.15, 0.2) is 14.9 Å². The summed E-state index contributed by atoms with van der Waals surface area (Å²) in [7, 11) is 0. The zero-order chi connectivity index (χ0) is 14.1. The maximum atomic E-state index is 11.3. The van der Waals surface area contributed by atoms with Crippen LogP contribution in [-0.4, -0.2) is 40.6 Å². The van der Waals surface area contributed by atoms with E-state index in [2.05, 4.69) is 15.5 Å². The van der Waals surface area contributed by atoms with Gasteiger partial charge in [-0.15, -0.1) is 10.2 Å². The molecule has 106 valence electrons. The molecule has 1 amide bonds. The zero-order valence-electron chi connectivity index (χ0n) is 11.5. The quantitative estimate of drug-likeness (QED) is 0.895. The molecule has 3 heterocycles.